The normalized spacial score (nSPS) is 14.6. The third kappa shape index (κ3) is 3.59. The quantitative estimate of drug-likeness (QED) is 0.441. The van der Waals surface area contributed by atoms with Gasteiger partial charge in [-0.3, -0.25) is 0 Å². The maximum absolute atomic E-state index is 6.39. The molecule has 1 aliphatic carbocycles. The molecule has 3 heteroatoms. The number of benzene rings is 2. The second kappa shape index (κ2) is 7.32. The highest BCUT2D eigenvalue weighted by Gasteiger charge is 2.53. The van der Waals surface area contributed by atoms with Crippen LogP contribution >= 0.6 is 0 Å². The van der Waals surface area contributed by atoms with Crippen molar-refractivity contribution >= 4 is 13.7 Å². The average Bonchev–Trinajstić information content (AvgIpc) is 2.98. The third-order valence-corrected chi connectivity index (χ3v) is 11.0. The van der Waals surface area contributed by atoms with Crippen molar-refractivity contribution in [2.75, 3.05) is 14.2 Å². The molecule has 0 aromatic heterocycles. The van der Waals surface area contributed by atoms with Crippen LogP contribution in [0.1, 0.15) is 84.6 Å². The van der Waals surface area contributed by atoms with Crippen molar-refractivity contribution in [3.05, 3.63) is 52.6 Å². The third-order valence-electron chi connectivity index (χ3n) is 6.64. The van der Waals surface area contributed by atoms with Crippen molar-refractivity contribution in [2.24, 2.45) is 0 Å². The number of rotatable bonds is 3. The molecular formula is C27H40O2Si. The molecule has 3 rings (SSSR count). The first-order chi connectivity index (χ1) is 13.7. The molecule has 0 heterocycles. The van der Waals surface area contributed by atoms with E-state index in [0.717, 1.165) is 6.42 Å². The fourth-order valence-electron chi connectivity index (χ4n) is 5.02. The van der Waals surface area contributed by atoms with Gasteiger partial charge in [-0.15, -0.1) is 0 Å². The van der Waals surface area contributed by atoms with Gasteiger partial charge in [-0.25, -0.2) is 0 Å². The molecule has 1 aliphatic rings. The van der Waals surface area contributed by atoms with E-state index >= 15 is 0 Å². The van der Waals surface area contributed by atoms with Gasteiger partial charge in [0.15, 0.2) is 0 Å². The lowest BCUT2D eigenvalue weighted by atomic mass is 9.84. The Morgan fingerprint density at radius 3 is 1.77 bits per heavy atom. The smallest absolute Gasteiger partial charge is 0.378 e. The van der Waals surface area contributed by atoms with Crippen molar-refractivity contribution in [1.29, 1.82) is 0 Å². The van der Waals surface area contributed by atoms with Crippen molar-refractivity contribution in [3.8, 4) is 11.1 Å². The first kappa shape index (κ1) is 23.2. The van der Waals surface area contributed by atoms with E-state index in [1.165, 1.54) is 38.6 Å². The first-order valence-corrected chi connectivity index (χ1v) is 12.9. The van der Waals surface area contributed by atoms with E-state index in [1.807, 2.05) is 14.2 Å². The van der Waals surface area contributed by atoms with Gasteiger partial charge in [0, 0.05) is 24.4 Å². The Bertz CT molecular complexity index is 949. The van der Waals surface area contributed by atoms with Crippen molar-refractivity contribution in [1.82, 2.24) is 0 Å². The first-order valence-electron chi connectivity index (χ1n) is 11.1. The molecule has 30 heavy (non-hydrogen) atoms. The molecule has 0 unspecified atom stereocenters. The van der Waals surface area contributed by atoms with Gasteiger partial charge < -0.3 is 8.85 Å². The molecule has 0 atom stereocenters. The molecule has 2 aromatic carbocycles. The van der Waals surface area contributed by atoms with Crippen molar-refractivity contribution in [2.45, 2.75) is 84.6 Å². The van der Waals surface area contributed by atoms with Crippen LogP contribution in [0.15, 0.2) is 30.3 Å². The van der Waals surface area contributed by atoms with Gasteiger partial charge in [-0.1, -0.05) is 92.6 Å². The minimum absolute atomic E-state index is 0.0102. The summed E-state index contributed by atoms with van der Waals surface area (Å²) in [6, 6.07) is 11.7. The van der Waals surface area contributed by atoms with Crippen LogP contribution in [0.3, 0.4) is 0 Å². The van der Waals surface area contributed by atoms with E-state index in [1.54, 1.807) is 0 Å². The molecule has 164 valence electrons. The van der Waals surface area contributed by atoms with Gasteiger partial charge in [-0.05, 0) is 50.6 Å². The van der Waals surface area contributed by atoms with E-state index in [-0.39, 0.29) is 15.9 Å². The van der Waals surface area contributed by atoms with Gasteiger partial charge in [0.05, 0.1) is 0 Å². The minimum Gasteiger partial charge on any atom is -0.394 e. The Labute approximate surface area is 185 Å². The van der Waals surface area contributed by atoms with Gasteiger partial charge in [0.2, 0.25) is 0 Å². The summed E-state index contributed by atoms with van der Waals surface area (Å²) in [4.78, 5) is 0. The number of fused-ring (bicyclic) bond motifs is 3. The van der Waals surface area contributed by atoms with Gasteiger partial charge in [0.1, 0.15) is 0 Å². The van der Waals surface area contributed by atoms with Crippen LogP contribution in [0.25, 0.3) is 11.1 Å². The Morgan fingerprint density at radius 2 is 1.30 bits per heavy atom. The number of hydrogen-bond donors (Lipinski definition) is 0. The van der Waals surface area contributed by atoms with Crippen LogP contribution in [0.2, 0.25) is 5.04 Å². The van der Waals surface area contributed by atoms with E-state index in [9.17, 15) is 0 Å². The predicted octanol–water partition coefficient (Wildman–Crippen LogP) is 6.59. The largest absolute Gasteiger partial charge is 0.394 e. The maximum Gasteiger partial charge on any atom is 0.378 e. The zero-order valence-electron chi connectivity index (χ0n) is 20.9. The summed E-state index contributed by atoms with van der Waals surface area (Å²) in [6.07, 6.45) is 0.950. The summed E-state index contributed by atoms with van der Waals surface area (Å²) in [6.45, 7) is 20.5. The Hall–Kier alpha value is -1.42. The lowest BCUT2D eigenvalue weighted by molar-refractivity contribution is 0.229. The summed E-state index contributed by atoms with van der Waals surface area (Å²) >= 11 is 0. The van der Waals surface area contributed by atoms with E-state index in [0.29, 0.717) is 0 Å². The van der Waals surface area contributed by atoms with Crippen LogP contribution in [0.5, 0.6) is 0 Å². The van der Waals surface area contributed by atoms with Crippen molar-refractivity contribution in [3.63, 3.8) is 0 Å². The molecular weight excluding hydrogens is 384 g/mol. The molecule has 0 saturated heterocycles. The molecule has 0 spiro atoms. The summed E-state index contributed by atoms with van der Waals surface area (Å²) < 4.78 is 12.8. The Kier molecular flexibility index (Phi) is 5.67. The van der Waals surface area contributed by atoms with Gasteiger partial charge >= 0.3 is 8.56 Å². The maximum atomic E-state index is 6.39. The summed E-state index contributed by atoms with van der Waals surface area (Å²) in [7, 11) is 0.958. The van der Waals surface area contributed by atoms with Gasteiger partial charge in [0.25, 0.3) is 0 Å². The fraction of sp³-hybridized carbons (Fsp3) is 0.556. The van der Waals surface area contributed by atoms with Crippen molar-refractivity contribution < 1.29 is 8.85 Å². The van der Waals surface area contributed by atoms with Crippen LogP contribution in [0.4, 0.5) is 0 Å². The van der Waals surface area contributed by atoms with E-state index in [4.69, 9.17) is 8.85 Å². The molecule has 0 N–H and O–H groups in total. The highest BCUT2D eigenvalue weighted by Crippen LogP contribution is 2.45. The molecule has 0 bridgehead atoms. The minimum atomic E-state index is -2.72. The zero-order chi connectivity index (χ0) is 22.7. The van der Waals surface area contributed by atoms with Crippen LogP contribution in [-0.4, -0.2) is 22.8 Å². The summed E-state index contributed by atoms with van der Waals surface area (Å²) in [5.74, 6) is 0. The standard InChI is InChI=1S/C27H40O2Si/c1-25(2,3)19-12-13-20-18(16-19)17-22-21(20)14-15-23(26(4,5)6)24(22)30(28-10,29-11)27(7,8)9/h12-16H,17H2,1-11H3. The molecule has 0 fully saturated rings. The fourth-order valence-corrected chi connectivity index (χ4v) is 9.00. The molecule has 2 nitrogen and oxygen atoms in total. The van der Waals surface area contributed by atoms with Crippen LogP contribution in [0, 0.1) is 0 Å². The van der Waals surface area contributed by atoms with Crippen LogP contribution < -0.4 is 5.19 Å². The molecule has 0 aliphatic heterocycles. The van der Waals surface area contributed by atoms with E-state index < -0.39 is 8.56 Å². The monoisotopic (exact) mass is 424 g/mol. The predicted molar refractivity (Wildman–Crippen MR) is 131 cm³/mol. The molecule has 0 radical (unpaired) electrons. The second-order valence-corrected chi connectivity index (χ2v) is 15.9. The summed E-state index contributed by atoms with van der Waals surface area (Å²) in [5.41, 5.74) is 8.46. The molecule has 2 aromatic rings. The van der Waals surface area contributed by atoms with E-state index in [2.05, 4.69) is 92.6 Å². The zero-order valence-corrected chi connectivity index (χ0v) is 21.9. The van der Waals surface area contributed by atoms with Gasteiger partial charge in [-0.2, -0.15) is 0 Å². The molecule has 0 saturated carbocycles. The lowest BCUT2D eigenvalue weighted by Crippen LogP contribution is -2.62. The number of hydrogen-bond acceptors (Lipinski definition) is 2. The summed E-state index contributed by atoms with van der Waals surface area (Å²) in [5, 5.41) is 1.25. The second-order valence-electron chi connectivity index (χ2n) is 11.8. The topological polar surface area (TPSA) is 18.5 Å². The van der Waals surface area contributed by atoms with Crippen LogP contribution in [-0.2, 0) is 26.1 Å². The average molecular weight is 425 g/mol. The SMILES string of the molecule is CO[Si](OC)(c1c(C(C)(C)C)ccc2c1Cc1cc(C(C)(C)C)ccc1-2)C(C)(C)C. The Balaban J connectivity index is 2.35. The highest BCUT2D eigenvalue weighted by molar-refractivity contribution is 6.84. The Morgan fingerprint density at radius 1 is 0.733 bits per heavy atom. The highest BCUT2D eigenvalue weighted by atomic mass is 28.4. The lowest BCUT2D eigenvalue weighted by Gasteiger charge is -2.42. The molecule has 0 amide bonds.